The Balaban J connectivity index is 1.99. The van der Waals surface area contributed by atoms with Crippen LogP contribution in [0.2, 0.25) is 5.02 Å². The van der Waals surface area contributed by atoms with Crippen molar-refractivity contribution in [2.24, 2.45) is 5.10 Å². The lowest BCUT2D eigenvalue weighted by molar-refractivity contribution is -0.150. The molecule has 1 heterocycles. The maximum Gasteiger partial charge on any atom is 0.347 e. The third-order valence-corrected chi connectivity index (χ3v) is 4.90. The maximum atomic E-state index is 12.9. The van der Waals surface area contributed by atoms with Crippen LogP contribution in [-0.2, 0) is 9.53 Å². The summed E-state index contributed by atoms with van der Waals surface area (Å²) in [7, 11) is 0. The van der Waals surface area contributed by atoms with Gasteiger partial charge < -0.3 is 9.47 Å². The van der Waals surface area contributed by atoms with Crippen LogP contribution < -0.4 is 10.3 Å². The van der Waals surface area contributed by atoms with Crippen molar-refractivity contribution in [2.45, 2.75) is 26.9 Å². The van der Waals surface area contributed by atoms with Gasteiger partial charge in [-0.3, -0.25) is 4.79 Å². The van der Waals surface area contributed by atoms with Crippen LogP contribution in [0.4, 0.5) is 0 Å². The van der Waals surface area contributed by atoms with Crippen molar-refractivity contribution in [3.63, 3.8) is 0 Å². The summed E-state index contributed by atoms with van der Waals surface area (Å²) in [6.07, 6.45) is 0.626. The largest absolute Gasteiger partial charge is 0.478 e. The monoisotopic (exact) mass is 491 g/mol. The molecule has 0 saturated carbocycles. The van der Waals surface area contributed by atoms with Gasteiger partial charge in [-0.2, -0.15) is 9.78 Å². The number of carbonyl (C=O) groups is 1. The SMILES string of the molecule is CCOC(=O)[C@H](C)Oc1ccc(Cl)cc1C=Nn1c(C)nc2ccc(Br)cc2c1=O. The molecule has 0 saturated heterocycles. The van der Waals surface area contributed by atoms with E-state index in [9.17, 15) is 9.59 Å². The number of benzene rings is 2. The molecular weight excluding hydrogens is 474 g/mol. The van der Waals surface area contributed by atoms with Crippen molar-refractivity contribution in [3.05, 3.63) is 67.6 Å². The van der Waals surface area contributed by atoms with Gasteiger partial charge in [0.1, 0.15) is 11.6 Å². The Morgan fingerprint density at radius 1 is 1.33 bits per heavy atom. The molecule has 7 nitrogen and oxygen atoms in total. The number of carbonyl (C=O) groups excluding carboxylic acids is 1. The molecule has 156 valence electrons. The van der Waals surface area contributed by atoms with Crippen molar-refractivity contribution in [1.82, 2.24) is 9.66 Å². The predicted molar refractivity (Wildman–Crippen MR) is 120 cm³/mol. The van der Waals surface area contributed by atoms with Gasteiger partial charge >= 0.3 is 5.97 Å². The summed E-state index contributed by atoms with van der Waals surface area (Å²) in [5.74, 6) is 0.327. The fourth-order valence-electron chi connectivity index (χ4n) is 2.74. The van der Waals surface area contributed by atoms with Gasteiger partial charge in [0, 0.05) is 15.1 Å². The Hall–Kier alpha value is -2.71. The first-order valence-corrected chi connectivity index (χ1v) is 10.3. The summed E-state index contributed by atoms with van der Waals surface area (Å²) in [5, 5.41) is 5.18. The second-order valence-electron chi connectivity index (χ2n) is 6.38. The zero-order valence-electron chi connectivity index (χ0n) is 16.6. The Morgan fingerprint density at radius 2 is 2.10 bits per heavy atom. The van der Waals surface area contributed by atoms with E-state index in [0.717, 1.165) is 4.47 Å². The van der Waals surface area contributed by atoms with E-state index in [1.54, 1.807) is 51.1 Å². The lowest BCUT2D eigenvalue weighted by atomic mass is 10.2. The number of esters is 1. The summed E-state index contributed by atoms with van der Waals surface area (Å²) >= 11 is 9.48. The lowest BCUT2D eigenvalue weighted by Gasteiger charge is -2.15. The normalized spacial score (nSPS) is 12.3. The minimum atomic E-state index is -0.817. The Labute approximate surface area is 186 Å². The highest BCUT2D eigenvalue weighted by atomic mass is 79.9. The van der Waals surface area contributed by atoms with E-state index in [1.165, 1.54) is 10.9 Å². The molecule has 3 rings (SSSR count). The van der Waals surface area contributed by atoms with Crippen molar-refractivity contribution in [2.75, 3.05) is 6.61 Å². The molecule has 0 aliphatic heterocycles. The molecule has 9 heteroatoms. The van der Waals surface area contributed by atoms with Gasteiger partial charge in [0.15, 0.2) is 6.10 Å². The lowest BCUT2D eigenvalue weighted by Crippen LogP contribution is -2.26. The van der Waals surface area contributed by atoms with E-state index < -0.39 is 12.1 Å². The van der Waals surface area contributed by atoms with E-state index in [4.69, 9.17) is 21.1 Å². The molecule has 0 aliphatic carbocycles. The van der Waals surface area contributed by atoms with E-state index in [-0.39, 0.29) is 12.2 Å². The number of fused-ring (bicyclic) bond motifs is 1. The molecule has 0 spiro atoms. The number of aryl methyl sites for hydroxylation is 1. The third kappa shape index (κ3) is 4.88. The molecule has 3 aromatic rings. The van der Waals surface area contributed by atoms with Crippen LogP contribution in [0.5, 0.6) is 5.75 Å². The molecule has 0 fully saturated rings. The molecule has 2 aromatic carbocycles. The zero-order valence-corrected chi connectivity index (χ0v) is 18.9. The molecule has 0 amide bonds. The van der Waals surface area contributed by atoms with Crippen LogP contribution in [0, 0.1) is 6.92 Å². The van der Waals surface area contributed by atoms with Crippen LogP contribution in [-0.4, -0.2) is 34.6 Å². The number of nitrogens with zero attached hydrogens (tertiary/aromatic N) is 3. The van der Waals surface area contributed by atoms with Gasteiger partial charge in [-0.1, -0.05) is 27.5 Å². The van der Waals surface area contributed by atoms with Crippen LogP contribution in [0.25, 0.3) is 10.9 Å². The first-order chi connectivity index (χ1) is 14.3. The molecule has 0 radical (unpaired) electrons. The fraction of sp³-hybridized carbons (Fsp3) is 0.238. The average molecular weight is 493 g/mol. The number of hydrogen-bond donors (Lipinski definition) is 0. The maximum absolute atomic E-state index is 12.9. The van der Waals surface area contributed by atoms with Crippen LogP contribution in [0.15, 0.2) is 50.8 Å². The minimum Gasteiger partial charge on any atom is -0.478 e. The molecule has 0 aliphatic rings. The van der Waals surface area contributed by atoms with Crippen LogP contribution in [0.3, 0.4) is 0 Å². The number of halogens is 2. The van der Waals surface area contributed by atoms with Gasteiger partial charge in [0.25, 0.3) is 5.56 Å². The van der Waals surface area contributed by atoms with E-state index in [1.807, 2.05) is 6.07 Å². The van der Waals surface area contributed by atoms with Crippen molar-refractivity contribution in [1.29, 1.82) is 0 Å². The van der Waals surface area contributed by atoms with E-state index in [2.05, 4.69) is 26.0 Å². The first-order valence-electron chi connectivity index (χ1n) is 9.16. The number of hydrogen-bond acceptors (Lipinski definition) is 6. The van der Waals surface area contributed by atoms with Crippen molar-refractivity contribution >= 4 is 50.6 Å². The molecule has 1 aromatic heterocycles. The van der Waals surface area contributed by atoms with Crippen LogP contribution >= 0.6 is 27.5 Å². The molecule has 0 bridgehead atoms. The Morgan fingerprint density at radius 3 is 2.83 bits per heavy atom. The third-order valence-electron chi connectivity index (χ3n) is 4.18. The number of rotatable bonds is 6. The first kappa shape index (κ1) is 22.0. The van der Waals surface area contributed by atoms with Gasteiger partial charge in [-0.15, -0.1) is 0 Å². The molecule has 1 atom stereocenters. The smallest absolute Gasteiger partial charge is 0.347 e. The second kappa shape index (κ2) is 9.40. The molecular formula is C21H19BrClN3O4. The van der Waals surface area contributed by atoms with E-state index in [0.29, 0.717) is 33.1 Å². The van der Waals surface area contributed by atoms with Crippen LogP contribution in [0.1, 0.15) is 25.2 Å². The van der Waals surface area contributed by atoms with Gasteiger partial charge in [0.2, 0.25) is 0 Å². The fourth-order valence-corrected chi connectivity index (χ4v) is 3.28. The summed E-state index contributed by atoms with van der Waals surface area (Å²) < 4.78 is 12.7. The summed E-state index contributed by atoms with van der Waals surface area (Å²) in [6.45, 7) is 5.27. The Bertz CT molecular complexity index is 1190. The van der Waals surface area contributed by atoms with Gasteiger partial charge in [-0.05, 0) is 57.2 Å². The predicted octanol–water partition coefficient (Wildman–Crippen LogP) is 4.33. The zero-order chi connectivity index (χ0) is 21.8. The van der Waals surface area contributed by atoms with Gasteiger partial charge in [-0.25, -0.2) is 9.78 Å². The highest BCUT2D eigenvalue weighted by molar-refractivity contribution is 9.10. The summed E-state index contributed by atoms with van der Waals surface area (Å²) in [4.78, 5) is 29.2. The summed E-state index contributed by atoms with van der Waals surface area (Å²) in [6, 6.07) is 10.2. The van der Waals surface area contributed by atoms with Crippen molar-refractivity contribution < 1.29 is 14.3 Å². The summed E-state index contributed by atoms with van der Waals surface area (Å²) in [5.41, 5.74) is 0.779. The quantitative estimate of drug-likeness (QED) is 0.378. The molecule has 30 heavy (non-hydrogen) atoms. The topological polar surface area (TPSA) is 82.8 Å². The standard InChI is InChI=1S/C21H19BrClN3O4/c1-4-29-21(28)12(2)30-19-8-6-16(23)9-14(19)11-24-26-13(3)25-18-7-5-15(22)10-17(18)20(26)27/h5-12H,4H2,1-3H3/t12-/m0/s1. The van der Waals surface area contributed by atoms with Gasteiger partial charge in [0.05, 0.1) is 23.7 Å². The minimum absolute atomic E-state index is 0.259. The molecule has 0 unspecified atom stereocenters. The van der Waals surface area contributed by atoms with E-state index >= 15 is 0 Å². The molecule has 0 N–H and O–H groups in total. The second-order valence-corrected chi connectivity index (χ2v) is 7.73. The van der Waals surface area contributed by atoms with Crippen molar-refractivity contribution in [3.8, 4) is 5.75 Å². The average Bonchev–Trinajstić information content (AvgIpc) is 2.70. The number of aromatic nitrogens is 2. The number of ether oxygens (including phenoxy) is 2. The Kier molecular flexibility index (Phi) is 6.89. The highest BCUT2D eigenvalue weighted by Gasteiger charge is 2.17. The highest BCUT2D eigenvalue weighted by Crippen LogP contribution is 2.23.